The van der Waals surface area contributed by atoms with Gasteiger partial charge in [-0.25, -0.2) is 9.78 Å². The summed E-state index contributed by atoms with van der Waals surface area (Å²) in [5.74, 6) is -0.932. The maximum Gasteiger partial charge on any atom is 0.348 e. The number of hydrogen-bond acceptors (Lipinski definition) is 6. The Morgan fingerprint density at radius 2 is 2.04 bits per heavy atom. The van der Waals surface area contributed by atoms with Crippen LogP contribution in [0.25, 0.3) is 10.2 Å². The van der Waals surface area contributed by atoms with Gasteiger partial charge in [0.05, 0.1) is 29.5 Å². The van der Waals surface area contributed by atoms with Gasteiger partial charge in [-0.2, -0.15) is 0 Å². The van der Waals surface area contributed by atoms with E-state index in [-0.39, 0.29) is 0 Å². The predicted octanol–water partition coefficient (Wildman–Crippen LogP) is 3.41. The van der Waals surface area contributed by atoms with E-state index in [1.165, 1.54) is 18.0 Å². The number of benzene rings is 1. The van der Waals surface area contributed by atoms with E-state index in [2.05, 4.69) is 10.3 Å². The summed E-state index contributed by atoms with van der Waals surface area (Å²) in [4.78, 5) is 42.3. The van der Waals surface area contributed by atoms with Crippen LogP contribution in [0.2, 0.25) is 5.02 Å². The summed E-state index contributed by atoms with van der Waals surface area (Å²) < 4.78 is 5.97. The van der Waals surface area contributed by atoms with Gasteiger partial charge in [-0.1, -0.05) is 23.7 Å². The van der Waals surface area contributed by atoms with E-state index in [9.17, 15) is 14.4 Å². The van der Waals surface area contributed by atoms with Gasteiger partial charge in [-0.15, -0.1) is 11.3 Å². The molecule has 0 unspecified atom stereocenters. The first-order valence-electron chi connectivity index (χ1n) is 7.99. The number of aromatic nitrogens is 2. The van der Waals surface area contributed by atoms with E-state index in [0.29, 0.717) is 31.4 Å². The first-order valence-corrected chi connectivity index (χ1v) is 9.18. The van der Waals surface area contributed by atoms with Gasteiger partial charge in [0.25, 0.3) is 5.56 Å². The van der Waals surface area contributed by atoms with E-state index in [4.69, 9.17) is 16.3 Å². The molecule has 2 heterocycles. The van der Waals surface area contributed by atoms with Crippen molar-refractivity contribution in [3.63, 3.8) is 0 Å². The van der Waals surface area contributed by atoms with Crippen LogP contribution >= 0.6 is 22.9 Å². The molecule has 0 radical (unpaired) electrons. The number of amides is 1. The summed E-state index contributed by atoms with van der Waals surface area (Å²) in [5, 5.41) is 3.41. The van der Waals surface area contributed by atoms with Crippen molar-refractivity contribution in [2.45, 2.75) is 19.9 Å². The summed E-state index contributed by atoms with van der Waals surface area (Å²) in [5.41, 5.74) is 0.552. The third-order valence-corrected chi connectivity index (χ3v) is 5.68. The van der Waals surface area contributed by atoms with E-state index >= 15 is 0 Å². The Balaban J connectivity index is 1.99. The van der Waals surface area contributed by atoms with E-state index in [0.717, 1.165) is 11.3 Å². The molecule has 0 aliphatic rings. The molecular formula is C18H16ClN3O4S. The fraction of sp³-hybridized carbons (Fsp3) is 0.222. The fourth-order valence-electron chi connectivity index (χ4n) is 2.63. The number of para-hydroxylation sites is 1. The number of rotatable bonds is 4. The number of hydrogen-bond donors (Lipinski definition) is 1. The molecular weight excluding hydrogens is 390 g/mol. The standard InChI is InChI=1S/C18H16ClN3O4S/c1-9-13-16(27-14(9)18(25)26-3)20-8-22(17(13)24)10(2)15(23)21-12-7-5-4-6-11(12)19/h4-8,10H,1-3H3,(H,21,23)/t10-/m1/s1. The molecule has 0 aliphatic heterocycles. The third-order valence-electron chi connectivity index (χ3n) is 4.18. The smallest absolute Gasteiger partial charge is 0.348 e. The van der Waals surface area contributed by atoms with Gasteiger partial charge < -0.3 is 10.1 Å². The van der Waals surface area contributed by atoms with Crippen molar-refractivity contribution in [3.05, 3.63) is 56.4 Å². The van der Waals surface area contributed by atoms with Crippen LogP contribution in [0.4, 0.5) is 5.69 Å². The molecule has 1 N–H and O–H groups in total. The molecule has 0 bridgehead atoms. The Morgan fingerprint density at radius 3 is 2.70 bits per heavy atom. The lowest BCUT2D eigenvalue weighted by atomic mass is 10.2. The van der Waals surface area contributed by atoms with Crippen LogP contribution in [0.1, 0.15) is 28.2 Å². The topological polar surface area (TPSA) is 90.3 Å². The molecule has 27 heavy (non-hydrogen) atoms. The van der Waals surface area contributed by atoms with Crippen LogP contribution in [0.3, 0.4) is 0 Å². The molecule has 0 aliphatic carbocycles. The lowest BCUT2D eigenvalue weighted by Gasteiger charge is -2.15. The number of anilines is 1. The number of esters is 1. The van der Waals surface area contributed by atoms with Gasteiger partial charge in [-0.05, 0) is 31.5 Å². The number of thiophene rings is 1. The largest absolute Gasteiger partial charge is 0.465 e. The van der Waals surface area contributed by atoms with Crippen molar-refractivity contribution in [1.29, 1.82) is 0 Å². The molecule has 9 heteroatoms. The Labute approximate surface area is 163 Å². The first-order chi connectivity index (χ1) is 12.8. The van der Waals surface area contributed by atoms with Crippen LogP contribution in [-0.4, -0.2) is 28.5 Å². The average molecular weight is 406 g/mol. The van der Waals surface area contributed by atoms with Gasteiger partial charge in [0.1, 0.15) is 15.7 Å². The molecule has 3 aromatic rings. The van der Waals surface area contributed by atoms with E-state index in [1.54, 1.807) is 38.1 Å². The van der Waals surface area contributed by atoms with Crippen molar-refractivity contribution in [1.82, 2.24) is 9.55 Å². The Morgan fingerprint density at radius 1 is 1.33 bits per heavy atom. The lowest BCUT2D eigenvalue weighted by molar-refractivity contribution is -0.118. The van der Waals surface area contributed by atoms with Crippen LogP contribution in [0.15, 0.2) is 35.4 Å². The maximum absolute atomic E-state index is 12.9. The van der Waals surface area contributed by atoms with E-state index in [1.807, 2.05) is 0 Å². The highest BCUT2D eigenvalue weighted by Crippen LogP contribution is 2.28. The molecule has 7 nitrogen and oxygen atoms in total. The number of nitrogens with one attached hydrogen (secondary N) is 1. The molecule has 1 amide bonds. The summed E-state index contributed by atoms with van der Waals surface area (Å²) >= 11 is 7.14. The number of nitrogens with zero attached hydrogens (tertiary/aromatic N) is 2. The molecule has 2 aromatic heterocycles. The van der Waals surface area contributed by atoms with Crippen molar-refractivity contribution >= 4 is 50.7 Å². The first kappa shape index (κ1) is 19.1. The molecule has 140 valence electrons. The SMILES string of the molecule is COC(=O)c1sc2ncn([C@H](C)C(=O)Nc3ccccc3Cl)c(=O)c2c1C. The highest BCUT2D eigenvalue weighted by Gasteiger charge is 2.23. The fourth-order valence-corrected chi connectivity index (χ4v) is 3.87. The van der Waals surface area contributed by atoms with Crippen molar-refractivity contribution in [3.8, 4) is 0 Å². The van der Waals surface area contributed by atoms with Gasteiger partial charge in [0, 0.05) is 0 Å². The Kier molecular flexibility index (Phi) is 5.29. The van der Waals surface area contributed by atoms with Crippen LogP contribution in [-0.2, 0) is 9.53 Å². The number of methoxy groups -OCH3 is 1. The lowest BCUT2D eigenvalue weighted by Crippen LogP contribution is -2.31. The highest BCUT2D eigenvalue weighted by atomic mass is 35.5. The molecule has 1 aromatic carbocycles. The second kappa shape index (κ2) is 7.50. The summed E-state index contributed by atoms with van der Waals surface area (Å²) in [6, 6.07) is 6.00. The average Bonchev–Trinajstić information content (AvgIpc) is 3.00. The number of halogens is 1. The zero-order valence-corrected chi connectivity index (χ0v) is 16.4. The van der Waals surface area contributed by atoms with Crippen molar-refractivity contribution in [2.24, 2.45) is 0 Å². The monoisotopic (exact) mass is 405 g/mol. The highest BCUT2D eigenvalue weighted by molar-refractivity contribution is 7.20. The van der Waals surface area contributed by atoms with Gasteiger partial charge in [-0.3, -0.25) is 14.2 Å². The Hall–Kier alpha value is -2.71. The zero-order chi connectivity index (χ0) is 19.7. The minimum absolute atomic E-state index is 0.306. The van der Waals surface area contributed by atoms with Crippen LogP contribution in [0, 0.1) is 6.92 Å². The number of aryl methyl sites for hydroxylation is 1. The van der Waals surface area contributed by atoms with Crippen LogP contribution < -0.4 is 10.9 Å². The quantitative estimate of drug-likeness (QED) is 0.672. The van der Waals surface area contributed by atoms with Crippen molar-refractivity contribution < 1.29 is 14.3 Å². The van der Waals surface area contributed by atoms with Crippen LogP contribution in [0.5, 0.6) is 0 Å². The number of ether oxygens (including phenoxy) is 1. The maximum atomic E-state index is 12.9. The molecule has 0 saturated carbocycles. The second-order valence-corrected chi connectivity index (χ2v) is 7.24. The molecule has 3 rings (SSSR count). The molecule has 0 saturated heterocycles. The number of carbonyl (C=O) groups is 2. The summed E-state index contributed by atoms with van der Waals surface area (Å²) in [6.45, 7) is 3.25. The zero-order valence-electron chi connectivity index (χ0n) is 14.8. The van der Waals surface area contributed by atoms with Gasteiger partial charge >= 0.3 is 5.97 Å². The summed E-state index contributed by atoms with van der Waals surface area (Å²) in [7, 11) is 1.28. The van der Waals surface area contributed by atoms with E-state index < -0.39 is 23.5 Å². The van der Waals surface area contributed by atoms with Gasteiger partial charge in [0.15, 0.2) is 0 Å². The minimum atomic E-state index is -0.827. The predicted molar refractivity (Wildman–Crippen MR) is 105 cm³/mol. The second-order valence-electron chi connectivity index (χ2n) is 5.83. The van der Waals surface area contributed by atoms with Crippen molar-refractivity contribution in [2.75, 3.05) is 12.4 Å². The number of carbonyl (C=O) groups excluding carboxylic acids is 2. The normalized spacial score (nSPS) is 12.0. The Bertz CT molecular complexity index is 1110. The molecule has 0 spiro atoms. The molecule has 1 atom stereocenters. The minimum Gasteiger partial charge on any atom is -0.465 e. The van der Waals surface area contributed by atoms with Gasteiger partial charge in [0.2, 0.25) is 5.91 Å². The third kappa shape index (κ3) is 3.45. The molecule has 0 fully saturated rings. The number of fused-ring (bicyclic) bond motifs is 1. The summed E-state index contributed by atoms with van der Waals surface area (Å²) in [6.07, 6.45) is 1.30.